The summed E-state index contributed by atoms with van der Waals surface area (Å²) in [6.07, 6.45) is 1.80. The molecule has 1 fully saturated rings. The third kappa shape index (κ3) is 2.35. The summed E-state index contributed by atoms with van der Waals surface area (Å²) in [5.41, 5.74) is 0. The highest BCUT2D eigenvalue weighted by Gasteiger charge is 2.43. The van der Waals surface area contributed by atoms with E-state index < -0.39 is 0 Å². The molecule has 0 aromatic rings. The molecular formula is C9H20ClNO. The third-order valence-corrected chi connectivity index (χ3v) is 2.86. The fraction of sp³-hybridized carbons (Fsp3) is 1.00. The highest BCUT2D eigenvalue weighted by atomic mass is 35.5. The van der Waals surface area contributed by atoms with Crippen molar-refractivity contribution in [1.29, 1.82) is 0 Å². The zero-order valence-electron chi connectivity index (χ0n) is 8.35. The first-order valence-electron chi connectivity index (χ1n) is 4.76. The second-order valence-electron chi connectivity index (χ2n) is 3.36. The summed E-state index contributed by atoms with van der Waals surface area (Å²) in [6.45, 7) is 11.5. The Morgan fingerprint density at radius 2 is 1.75 bits per heavy atom. The van der Waals surface area contributed by atoms with Gasteiger partial charge < -0.3 is 17.1 Å². The van der Waals surface area contributed by atoms with Gasteiger partial charge in [-0.1, -0.05) is 6.92 Å². The molecule has 0 bridgehead atoms. The fourth-order valence-electron chi connectivity index (χ4n) is 1.90. The van der Waals surface area contributed by atoms with Crippen molar-refractivity contribution in [2.75, 3.05) is 26.2 Å². The molecule has 0 saturated carbocycles. The average Bonchev–Trinajstić information content (AvgIpc) is 2.83. The Balaban J connectivity index is 0.00000121. The lowest BCUT2D eigenvalue weighted by molar-refractivity contribution is -0.944. The van der Waals surface area contributed by atoms with Crippen molar-refractivity contribution >= 4 is 0 Å². The van der Waals surface area contributed by atoms with Crippen LogP contribution in [0.4, 0.5) is 0 Å². The highest BCUT2D eigenvalue weighted by molar-refractivity contribution is 4.59. The van der Waals surface area contributed by atoms with Crippen molar-refractivity contribution in [3.05, 3.63) is 0 Å². The minimum absolute atomic E-state index is 0. The summed E-state index contributed by atoms with van der Waals surface area (Å²) in [4.78, 5) is 0. The molecule has 12 heavy (non-hydrogen) atoms. The zero-order valence-corrected chi connectivity index (χ0v) is 9.10. The van der Waals surface area contributed by atoms with E-state index in [2.05, 4.69) is 20.8 Å². The van der Waals surface area contributed by atoms with Gasteiger partial charge in [0.25, 0.3) is 0 Å². The van der Waals surface area contributed by atoms with Crippen LogP contribution in [-0.4, -0.2) is 37.0 Å². The minimum atomic E-state index is 0. The molecule has 1 aliphatic heterocycles. The van der Waals surface area contributed by atoms with Crippen LogP contribution in [0.25, 0.3) is 0 Å². The van der Waals surface area contributed by atoms with Crippen LogP contribution in [0, 0.1) is 0 Å². The van der Waals surface area contributed by atoms with Gasteiger partial charge in [0.05, 0.1) is 19.6 Å². The molecule has 0 aromatic carbocycles. The van der Waals surface area contributed by atoms with Crippen molar-refractivity contribution in [1.82, 2.24) is 0 Å². The Hall–Kier alpha value is 0.210. The fourth-order valence-corrected chi connectivity index (χ4v) is 1.90. The smallest absolute Gasteiger partial charge is 0.217 e. The summed E-state index contributed by atoms with van der Waals surface area (Å²) in [7, 11) is 0. The molecule has 1 rings (SSSR count). The van der Waals surface area contributed by atoms with E-state index >= 15 is 0 Å². The van der Waals surface area contributed by atoms with Gasteiger partial charge in [0.2, 0.25) is 6.23 Å². The molecule has 0 radical (unpaired) electrons. The van der Waals surface area contributed by atoms with E-state index in [4.69, 9.17) is 4.74 Å². The van der Waals surface area contributed by atoms with E-state index in [0.29, 0.717) is 6.23 Å². The number of quaternary nitrogens is 1. The molecule has 0 aliphatic carbocycles. The molecule has 1 heterocycles. The summed E-state index contributed by atoms with van der Waals surface area (Å²) < 4.78 is 6.56. The number of ether oxygens (including phenoxy) is 1. The number of epoxide rings is 1. The van der Waals surface area contributed by atoms with Gasteiger partial charge in [0, 0.05) is 0 Å². The number of rotatable bonds is 5. The Kier molecular flexibility index (Phi) is 5.14. The van der Waals surface area contributed by atoms with Crippen LogP contribution in [0.15, 0.2) is 0 Å². The summed E-state index contributed by atoms with van der Waals surface area (Å²) >= 11 is 0. The van der Waals surface area contributed by atoms with Crippen LogP contribution >= 0.6 is 0 Å². The molecule has 1 atom stereocenters. The lowest BCUT2D eigenvalue weighted by Crippen LogP contribution is -3.00. The Morgan fingerprint density at radius 3 is 2.00 bits per heavy atom. The average molecular weight is 194 g/mol. The van der Waals surface area contributed by atoms with Crippen LogP contribution < -0.4 is 12.4 Å². The molecule has 0 N–H and O–H groups in total. The van der Waals surface area contributed by atoms with E-state index in [-0.39, 0.29) is 12.4 Å². The Bertz CT molecular complexity index is 122. The van der Waals surface area contributed by atoms with E-state index in [1.807, 2.05) is 0 Å². The van der Waals surface area contributed by atoms with Gasteiger partial charge in [-0.05, 0) is 20.3 Å². The minimum Gasteiger partial charge on any atom is -1.00 e. The molecule has 2 nitrogen and oxygen atoms in total. The Morgan fingerprint density at radius 1 is 1.25 bits per heavy atom. The van der Waals surface area contributed by atoms with Crippen LogP contribution in [0.1, 0.15) is 27.2 Å². The van der Waals surface area contributed by atoms with Crippen molar-refractivity contribution in [3.8, 4) is 0 Å². The lowest BCUT2D eigenvalue weighted by atomic mass is 10.3. The second kappa shape index (κ2) is 5.05. The zero-order chi connectivity index (χ0) is 8.32. The van der Waals surface area contributed by atoms with Gasteiger partial charge in [0.1, 0.15) is 6.61 Å². The van der Waals surface area contributed by atoms with Crippen molar-refractivity contribution in [3.63, 3.8) is 0 Å². The number of nitrogens with zero attached hydrogens (tertiary/aromatic N) is 1. The molecule has 3 heteroatoms. The summed E-state index contributed by atoms with van der Waals surface area (Å²) in [5, 5.41) is 0. The van der Waals surface area contributed by atoms with E-state index in [1.54, 1.807) is 0 Å². The van der Waals surface area contributed by atoms with E-state index in [1.165, 1.54) is 30.5 Å². The first-order valence-corrected chi connectivity index (χ1v) is 4.76. The normalized spacial score (nSPS) is 21.8. The maximum atomic E-state index is 5.38. The third-order valence-electron chi connectivity index (χ3n) is 2.86. The second-order valence-corrected chi connectivity index (χ2v) is 3.36. The molecule has 0 spiro atoms. The molecule has 0 aromatic heterocycles. The molecule has 1 aliphatic rings. The van der Waals surface area contributed by atoms with Crippen molar-refractivity contribution in [2.45, 2.75) is 33.4 Å². The summed E-state index contributed by atoms with van der Waals surface area (Å²) in [5.74, 6) is 0. The lowest BCUT2D eigenvalue weighted by Gasteiger charge is -2.34. The Labute approximate surface area is 81.9 Å². The van der Waals surface area contributed by atoms with Crippen molar-refractivity contribution in [2.24, 2.45) is 0 Å². The van der Waals surface area contributed by atoms with Gasteiger partial charge in [0.15, 0.2) is 0 Å². The largest absolute Gasteiger partial charge is 1.00 e. The monoisotopic (exact) mass is 193 g/mol. The summed E-state index contributed by atoms with van der Waals surface area (Å²) in [6, 6.07) is 0. The predicted octanol–water partition coefficient (Wildman–Crippen LogP) is -1.39. The van der Waals surface area contributed by atoms with Crippen LogP contribution in [0.2, 0.25) is 0 Å². The molecule has 1 unspecified atom stereocenters. The quantitative estimate of drug-likeness (QED) is 0.387. The van der Waals surface area contributed by atoms with E-state index in [0.717, 1.165) is 6.61 Å². The molecule has 1 saturated heterocycles. The first kappa shape index (κ1) is 12.2. The van der Waals surface area contributed by atoms with Gasteiger partial charge in [-0.25, -0.2) is 0 Å². The standard InChI is InChI=1S/C9H20NO.ClH/c1-4-7-10(5-2,6-3)9-8-11-9;/h9H,4-8H2,1-3H3;1H/q+1;/p-1. The topological polar surface area (TPSA) is 12.5 Å². The van der Waals surface area contributed by atoms with Gasteiger partial charge >= 0.3 is 0 Å². The maximum absolute atomic E-state index is 5.38. The molecule has 0 amide bonds. The van der Waals surface area contributed by atoms with Gasteiger partial charge in [-0.3, -0.25) is 4.48 Å². The van der Waals surface area contributed by atoms with Crippen LogP contribution in [-0.2, 0) is 4.74 Å². The SMILES string of the molecule is CCC[N+](CC)(CC)C1CO1.[Cl-]. The number of likely N-dealkylation sites (N-methyl/N-ethyl adjacent to an activating group) is 1. The number of halogens is 1. The van der Waals surface area contributed by atoms with Gasteiger partial charge in [-0.2, -0.15) is 0 Å². The van der Waals surface area contributed by atoms with Gasteiger partial charge in [-0.15, -0.1) is 0 Å². The highest BCUT2D eigenvalue weighted by Crippen LogP contribution is 2.24. The predicted molar refractivity (Wildman–Crippen MR) is 46.2 cm³/mol. The number of hydrogen-bond acceptors (Lipinski definition) is 1. The van der Waals surface area contributed by atoms with Crippen LogP contribution in [0.3, 0.4) is 0 Å². The van der Waals surface area contributed by atoms with E-state index in [9.17, 15) is 0 Å². The molecule has 74 valence electrons. The van der Waals surface area contributed by atoms with Crippen LogP contribution in [0.5, 0.6) is 0 Å². The maximum Gasteiger partial charge on any atom is 0.217 e. The molecular weight excluding hydrogens is 174 g/mol. The number of hydrogen-bond donors (Lipinski definition) is 0. The van der Waals surface area contributed by atoms with Crippen molar-refractivity contribution < 1.29 is 21.6 Å². The first-order chi connectivity index (χ1) is 5.29.